The summed E-state index contributed by atoms with van der Waals surface area (Å²) in [4.78, 5) is 59.9. The summed E-state index contributed by atoms with van der Waals surface area (Å²) >= 11 is 6.26. The number of piperidine rings is 2. The minimum Gasteiger partial charge on any atom is -0.489 e. The number of anilines is 2. The molecule has 3 aromatic rings. The summed E-state index contributed by atoms with van der Waals surface area (Å²) in [6.07, 6.45) is 2.67. The van der Waals surface area contributed by atoms with Gasteiger partial charge in [0.15, 0.2) is 0 Å². The molecule has 58 heavy (non-hydrogen) atoms. The van der Waals surface area contributed by atoms with Crippen molar-refractivity contribution in [3.8, 4) is 11.8 Å². The molecule has 13 heteroatoms. The Morgan fingerprint density at radius 1 is 0.879 bits per heavy atom. The number of benzene rings is 3. The summed E-state index contributed by atoms with van der Waals surface area (Å²) in [5, 5.41) is 15.2. The molecule has 0 radical (unpaired) electrons. The first-order chi connectivity index (χ1) is 27.7. The highest BCUT2D eigenvalue weighted by molar-refractivity contribution is 6.31. The molecule has 4 aliphatic heterocycles. The third-order valence-electron chi connectivity index (χ3n) is 13.3. The number of nitrogens with zero attached hydrogens (tertiary/aromatic N) is 5. The van der Waals surface area contributed by atoms with Gasteiger partial charge in [-0.05, 0) is 79.3 Å². The van der Waals surface area contributed by atoms with Crippen LogP contribution in [0.25, 0.3) is 0 Å². The molecule has 1 aliphatic carbocycles. The Morgan fingerprint density at radius 3 is 2.21 bits per heavy atom. The van der Waals surface area contributed by atoms with E-state index in [1.54, 1.807) is 23.1 Å². The number of rotatable bonds is 9. The molecule has 4 amide bonds. The highest BCUT2D eigenvalue weighted by atomic mass is 35.5. The molecule has 1 atom stereocenters. The van der Waals surface area contributed by atoms with Gasteiger partial charge in [0.2, 0.25) is 11.8 Å². The SMILES string of the molecule is CC1(C)[C@H](NC(=O)c2ccc(N3CCC(CN4CCN(c5ccc6c(c5)C(=O)N(C5CCC(=O)NC5=O)C6)CC4)CC3)cc2)C(C)(C)[C@H]1Oc1ccc(C#N)c(Cl)c1. The van der Waals surface area contributed by atoms with Crippen molar-refractivity contribution in [1.82, 2.24) is 20.4 Å². The van der Waals surface area contributed by atoms with Crippen LogP contribution in [-0.2, 0) is 16.1 Å². The maximum absolute atomic E-state index is 13.5. The van der Waals surface area contributed by atoms with Crippen molar-refractivity contribution < 1.29 is 23.9 Å². The number of hydrogen-bond donors (Lipinski definition) is 2. The second-order valence-corrected chi connectivity index (χ2v) is 18.2. The molecule has 2 N–H and O–H groups in total. The van der Waals surface area contributed by atoms with Crippen LogP contribution in [0, 0.1) is 28.1 Å². The molecule has 3 saturated heterocycles. The summed E-state index contributed by atoms with van der Waals surface area (Å²) in [5.74, 6) is 0.332. The van der Waals surface area contributed by atoms with Crippen LogP contribution < -0.4 is 25.2 Å². The number of carbonyl (C=O) groups is 4. The van der Waals surface area contributed by atoms with E-state index in [1.807, 2.05) is 24.3 Å². The van der Waals surface area contributed by atoms with E-state index in [0.717, 1.165) is 75.6 Å². The fourth-order valence-electron chi connectivity index (χ4n) is 10.3. The molecule has 0 spiro atoms. The lowest BCUT2D eigenvalue weighted by Crippen LogP contribution is -2.74. The molecule has 304 valence electrons. The molecular formula is C45H52ClN7O5. The van der Waals surface area contributed by atoms with Crippen molar-refractivity contribution in [3.05, 3.63) is 87.9 Å². The van der Waals surface area contributed by atoms with E-state index in [2.05, 4.69) is 77.3 Å². The molecule has 8 rings (SSSR count). The van der Waals surface area contributed by atoms with E-state index in [0.29, 0.717) is 46.3 Å². The Labute approximate surface area is 345 Å². The van der Waals surface area contributed by atoms with E-state index in [9.17, 15) is 24.4 Å². The van der Waals surface area contributed by atoms with Gasteiger partial charge in [0.25, 0.3) is 11.8 Å². The number of nitriles is 1. The van der Waals surface area contributed by atoms with Crippen LogP contribution in [0.5, 0.6) is 5.75 Å². The molecule has 4 heterocycles. The summed E-state index contributed by atoms with van der Waals surface area (Å²) in [5.41, 5.74) is 4.11. The molecule has 12 nitrogen and oxygen atoms in total. The van der Waals surface area contributed by atoms with Gasteiger partial charge in [-0.1, -0.05) is 45.4 Å². The van der Waals surface area contributed by atoms with E-state index in [4.69, 9.17) is 16.3 Å². The average Bonchev–Trinajstić information content (AvgIpc) is 3.54. The lowest BCUT2D eigenvalue weighted by Gasteiger charge is -2.63. The van der Waals surface area contributed by atoms with E-state index in [1.165, 1.54) is 0 Å². The van der Waals surface area contributed by atoms with Gasteiger partial charge in [-0.15, -0.1) is 0 Å². The van der Waals surface area contributed by atoms with Crippen LogP contribution in [0.15, 0.2) is 60.7 Å². The number of ether oxygens (including phenoxy) is 1. The minimum atomic E-state index is -0.602. The van der Waals surface area contributed by atoms with Crippen molar-refractivity contribution in [2.75, 3.05) is 55.6 Å². The molecular weight excluding hydrogens is 754 g/mol. The van der Waals surface area contributed by atoms with Gasteiger partial charge in [-0.3, -0.25) is 29.4 Å². The predicted octanol–water partition coefficient (Wildman–Crippen LogP) is 5.62. The van der Waals surface area contributed by atoms with Gasteiger partial charge in [-0.2, -0.15) is 5.26 Å². The van der Waals surface area contributed by atoms with Gasteiger partial charge < -0.3 is 24.8 Å². The minimum absolute atomic E-state index is 0.0996. The number of carbonyl (C=O) groups excluding carboxylic acids is 4. The Morgan fingerprint density at radius 2 is 1.55 bits per heavy atom. The molecule has 0 bridgehead atoms. The second-order valence-electron chi connectivity index (χ2n) is 17.8. The predicted molar refractivity (Wildman–Crippen MR) is 222 cm³/mol. The normalized spacial score (nSPS) is 24.4. The summed E-state index contributed by atoms with van der Waals surface area (Å²) in [6, 6.07) is 20.5. The van der Waals surface area contributed by atoms with Crippen molar-refractivity contribution >= 4 is 46.6 Å². The number of nitrogens with one attached hydrogen (secondary N) is 2. The van der Waals surface area contributed by atoms with Crippen LogP contribution >= 0.6 is 11.6 Å². The van der Waals surface area contributed by atoms with Gasteiger partial charge in [0.1, 0.15) is 24.0 Å². The smallest absolute Gasteiger partial charge is 0.255 e. The van der Waals surface area contributed by atoms with Crippen LogP contribution in [0.1, 0.15) is 85.2 Å². The first-order valence-corrected chi connectivity index (χ1v) is 20.9. The first-order valence-electron chi connectivity index (χ1n) is 20.5. The number of halogens is 1. The topological polar surface area (TPSA) is 138 Å². The van der Waals surface area contributed by atoms with Crippen molar-refractivity contribution in [1.29, 1.82) is 5.26 Å². The standard InChI is InChI=1S/C45H52ClN7O5/c1-44(2)42(45(3,4)43(44)58-34-12-8-30(25-47)36(46)24-34)49-39(55)29-5-9-32(10-6-29)51-17-15-28(16-18-51)26-50-19-21-52(22-20-50)33-11-7-31-27-53(41(57)35(31)23-33)37-13-14-38(54)48-40(37)56/h5-12,23-24,28,37,42-43H,13-22,26-27H2,1-4H3,(H,49,55)(H,48,54,56)/t37?,42-,43-. The monoisotopic (exact) mass is 805 g/mol. The van der Waals surface area contributed by atoms with Crippen molar-refractivity contribution in [2.45, 2.75) is 78.1 Å². The number of imide groups is 1. The Bertz CT molecular complexity index is 2130. The van der Waals surface area contributed by atoms with Gasteiger partial charge in [-0.25, -0.2) is 0 Å². The van der Waals surface area contributed by atoms with E-state index in [-0.39, 0.29) is 53.0 Å². The number of hydrogen-bond acceptors (Lipinski definition) is 9. The summed E-state index contributed by atoms with van der Waals surface area (Å²) in [7, 11) is 0. The van der Waals surface area contributed by atoms with E-state index < -0.39 is 6.04 Å². The number of amides is 4. The zero-order chi connectivity index (χ0) is 40.9. The molecule has 0 aromatic heterocycles. The van der Waals surface area contributed by atoms with Crippen LogP contribution in [-0.4, -0.2) is 97.4 Å². The maximum Gasteiger partial charge on any atom is 0.255 e. The highest BCUT2D eigenvalue weighted by Crippen LogP contribution is 2.55. The van der Waals surface area contributed by atoms with Crippen molar-refractivity contribution in [3.63, 3.8) is 0 Å². The van der Waals surface area contributed by atoms with Crippen LogP contribution in [0.2, 0.25) is 5.02 Å². The average molecular weight is 806 g/mol. The molecule has 1 unspecified atom stereocenters. The lowest BCUT2D eigenvalue weighted by atomic mass is 9.49. The largest absolute Gasteiger partial charge is 0.489 e. The Hall–Kier alpha value is -5.12. The number of piperazine rings is 1. The quantitative estimate of drug-likeness (QED) is 0.264. The second kappa shape index (κ2) is 15.6. The first kappa shape index (κ1) is 39.7. The third kappa shape index (κ3) is 7.50. The van der Waals surface area contributed by atoms with Crippen molar-refractivity contribution in [2.24, 2.45) is 16.7 Å². The van der Waals surface area contributed by atoms with Gasteiger partial charge in [0.05, 0.1) is 10.6 Å². The van der Waals surface area contributed by atoms with Crippen LogP contribution in [0.4, 0.5) is 11.4 Å². The maximum atomic E-state index is 13.5. The molecule has 5 aliphatic rings. The lowest BCUT2D eigenvalue weighted by molar-refractivity contribution is -0.164. The number of fused-ring (bicyclic) bond motifs is 1. The van der Waals surface area contributed by atoms with Gasteiger partial charge >= 0.3 is 0 Å². The summed E-state index contributed by atoms with van der Waals surface area (Å²) in [6.45, 7) is 15.5. The Kier molecular flexibility index (Phi) is 10.7. The molecule has 4 fully saturated rings. The van der Waals surface area contributed by atoms with E-state index >= 15 is 0 Å². The fraction of sp³-hybridized carbons (Fsp3) is 0.489. The zero-order valence-corrected chi connectivity index (χ0v) is 34.5. The van der Waals surface area contributed by atoms with Gasteiger partial charge in [0, 0.05) is 104 Å². The summed E-state index contributed by atoms with van der Waals surface area (Å²) < 4.78 is 6.39. The zero-order valence-electron chi connectivity index (χ0n) is 33.7. The molecule has 3 aromatic carbocycles. The Balaban J connectivity index is 0.782. The highest BCUT2D eigenvalue weighted by Gasteiger charge is 2.64. The fourth-order valence-corrected chi connectivity index (χ4v) is 10.5. The molecule has 1 saturated carbocycles. The third-order valence-corrected chi connectivity index (χ3v) is 13.6. The van der Waals surface area contributed by atoms with Crippen LogP contribution in [0.3, 0.4) is 0 Å².